The smallest absolute Gasteiger partial charge is 0.406 e. The fourth-order valence-electron chi connectivity index (χ4n) is 1.66. The van der Waals surface area contributed by atoms with Crippen LogP contribution in [0.15, 0.2) is 36.4 Å². The van der Waals surface area contributed by atoms with Crippen LogP contribution in [0.5, 0.6) is 5.75 Å². The SMILES string of the molecule is Cc1ccc([C@@H](N)c2ccc(OC(F)(F)F)cc2)s1.Cl. The molecule has 2 nitrogen and oxygen atoms in total. The fourth-order valence-corrected chi connectivity index (χ4v) is 2.57. The van der Waals surface area contributed by atoms with Gasteiger partial charge < -0.3 is 10.5 Å². The summed E-state index contributed by atoms with van der Waals surface area (Å²) >= 11 is 1.57. The number of alkyl halides is 3. The second-order valence-corrected chi connectivity index (χ2v) is 5.36. The molecule has 7 heteroatoms. The molecule has 2 N–H and O–H groups in total. The molecule has 1 atom stereocenters. The molecule has 2 rings (SSSR count). The summed E-state index contributed by atoms with van der Waals surface area (Å²) < 4.78 is 39.9. The van der Waals surface area contributed by atoms with Gasteiger partial charge in [-0.2, -0.15) is 0 Å². The van der Waals surface area contributed by atoms with Gasteiger partial charge in [0.15, 0.2) is 0 Å². The maximum Gasteiger partial charge on any atom is 0.573 e. The van der Waals surface area contributed by atoms with E-state index >= 15 is 0 Å². The van der Waals surface area contributed by atoms with E-state index in [1.165, 1.54) is 12.1 Å². The molecule has 0 saturated carbocycles. The van der Waals surface area contributed by atoms with E-state index in [1.807, 2.05) is 19.1 Å². The Kier molecular flexibility index (Phi) is 5.44. The Balaban J connectivity index is 0.00000200. The molecule has 20 heavy (non-hydrogen) atoms. The zero-order valence-electron chi connectivity index (χ0n) is 10.5. The van der Waals surface area contributed by atoms with Crippen LogP contribution in [0.25, 0.3) is 0 Å². The average molecular weight is 324 g/mol. The van der Waals surface area contributed by atoms with Gasteiger partial charge in [0.05, 0.1) is 6.04 Å². The predicted octanol–water partition coefficient (Wildman–Crippen LogP) is 4.43. The van der Waals surface area contributed by atoms with Crippen LogP contribution in [0.3, 0.4) is 0 Å². The number of rotatable bonds is 3. The van der Waals surface area contributed by atoms with Crippen LogP contribution in [0, 0.1) is 6.92 Å². The average Bonchev–Trinajstić information content (AvgIpc) is 2.74. The minimum Gasteiger partial charge on any atom is -0.406 e. The minimum atomic E-state index is -4.67. The van der Waals surface area contributed by atoms with Crippen molar-refractivity contribution in [3.05, 3.63) is 51.7 Å². The molecule has 0 spiro atoms. The third kappa shape index (κ3) is 4.40. The predicted molar refractivity (Wildman–Crippen MR) is 75.5 cm³/mol. The van der Waals surface area contributed by atoms with Gasteiger partial charge in [0, 0.05) is 9.75 Å². The van der Waals surface area contributed by atoms with E-state index in [0.717, 1.165) is 15.3 Å². The number of hydrogen-bond acceptors (Lipinski definition) is 3. The van der Waals surface area contributed by atoms with Gasteiger partial charge in [-0.3, -0.25) is 0 Å². The van der Waals surface area contributed by atoms with E-state index in [9.17, 15) is 13.2 Å². The van der Waals surface area contributed by atoms with Crippen LogP contribution in [0.2, 0.25) is 0 Å². The minimum absolute atomic E-state index is 0. The molecule has 0 fully saturated rings. The zero-order valence-corrected chi connectivity index (χ0v) is 12.1. The molecule has 1 heterocycles. The zero-order chi connectivity index (χ0) is 14.0. The lowest BCUT2D eigenvalue weighted by atomic mass is 10.1. The van der Waals surface area contributed by atoms with Crippen molar-refractivity contribution in [2.24, 2.45) is 5.73 Å². The summed E-state index contributed by atoms with van der Waals surface area (Å²) in [5, 5.41) is 0. The summed E-state index contributed by atoms with van der Waals surface area (Å²) in [5.41, 5.74) is 6.80. The monoisotopic (exact) mass is 323 g/mol. The van der Waals surface area contributed by atoms with Crippen LogP contribution in [-0.4, -0.2) is 6.36 Å². The van der Waals surface area contributed by atoms with Crippen LogP contribution in [0.1, 0.15) is 21.4 Å². The standard InChI is InChI=1S/C13H12F3NOS.ClH/c1-8-2-7-11(19-8)12(17)9-3-5-10(6-4-9)18-13(14,15)16;/h2-7,12H,17H2,1H3;1H/t12-;/m0./s1. The number of hydrogen-bond donors (Lipinski definition) is 1. The molecule has 1 aromatic carbocycles. The lowest BCUT2D eigenvalue weighted by Crippen LogP contribution is -2.17. The highest BCUT2D eigenvalue weighted by Crippen LogP contribution is 2.28. The Labute approximate surface area is 124 Å². The summed E-state index contributed by atoms with van der Waals surface area (Å²) in [6, 6.07) is 9.17. The first-order chi connectivity index (χ1) is 8.85. The Hall–Kier alpha value is -1.24. The van der Waals surface area contributed by atoms with Crippen LogP contribution >= 0.6 is 23.7 Å². The van der Waals surface area contributed by atoms with Crippen molar-refractivity contribution < 1.29 is 17.9 Å². The Morgan fingerprint density at radius 3 is 2.15 bits per heavy atom. The molecular weight excluding hydrogens is 311 g/mol. The highest BCUT2D eigenvalue weighted by atomic mass is 35.5. The summed E-state index contributed by atoms with van der Waals surface area (Å²) in [6.07, 6.45) is -4.67. The number of nitrogens with two attached hydrogens (primary N) is 1. The van der Waals surface area contributed by atoms with Gasteiger partial charge in [-0.15, -0.1) is 36.9 Å². The second-order valence-electron chi connectivity index (χ2n) is 4.04. The van der Waals surface area contributed by atoms with E-state index in [1.54, 1.807) is 23.5 Å². The Bertz CT molecular complexity index is 553. The molecule has 110 valence electrons. The van der Waals surface area contributed by atoms with Gasteiger partial charge in [0.25, 0.3) is 0 Å². The first kappa shape index (κ1) is 16.8. The number of ether oxygens (including phenoxy) is 1. The van der Waals surface area contributed by atoms with Gasteiger partial charge in [0.1, 0.15) is 5.75 Å². The Morgan fingerprint density at radius 2 is 1.70 bits per heavy atom. The van der Waals surface area contributed by atoms with Crippen LogP contribution in [-0.2, 0) is 0 Å². The summed E-state index contributed by atoms with van der Waals surface area (Å²) in [4.78, 5) is 2.12. The topological polar surface area (TPSA) is 35.2 Å². The van der Waals surface area contributed by atoms with Crippen molar-refractivity contribution in [3.8, 4) is 5.75 Å². The molecule has 0 saturated heterocycles. The highest BCUT2D eigenvalue weighted by Gasteiger charge is 2.31. The van der Waals surface area contributed by atoms with Gasteiger partial charge in [-0.25, -0.2) is 0 Å². The van der Waals surface area contributed by atoms with E-state index in [4.69, 9.17) is 5.73 Å². The van der Waals surface area contributed by atoms with Crippen molar-refractivity contribution in [1.29, 1.82) is 0 Å². The number of thiophene rings is 1. The first-order valence-electron chi connectivity index (χ1n) is 5.53. The second kappa shape index (κ2) is 6.47. The number of aryl methyl sites for hydroxylation is 1. The van der Waals surface area contributed by atoms with Crippen LogP contribution < -0.4 is 10.5 Å². The molecular formula is C13H13ClF3NOS. The van der Waals surface area contributed by atoms with Gasteiger partial charge in [-0.05, 0) is 36.8 Å². The fraction of sp³-hybridized carbons (Fsp3) is 0.231. The molecule has 0 radical (unpaired) electrons. The third-order valence-corrected chi connectivity index (χ3v) is 3.62. The molecule has 0 aliphatic carbocycles. The van der Waals surface area contributed by atoms with Crippen LogP contribution in [0.4, 0.5) is 13.2 Å². The van der Waals surface area contributed by atoms with Crippen molar-refractivity contribution in [1.82, 2.24) is 0 Å². The van der Waals surface area contributed by atoms with E-state index in [2.05, 4.69) is 4.74 Å². The molecule has 2 aromatic rings. The molecule has 0 unspecified atom stereocenters. The van der Waals surface area contributed by atoms with E-state index in [0.29, 0.717) is 0 Å². The quantitative estimate of drug-likeness (QED) is 0.907. The highest BCUT2D eigenvalue weighted by molar-refractivity contribution is 7.12. The molecule has 0 aliphatic heterocycles. The third-order valence-electron chi connectivity index (χ3n) is 2.54. The number of benzene rings is 1. The Morgan fingerprint density at radius 1 is 1.10 bits per heavy atom. The molecule has 0 bridgehead atoms. The maximum atomic E-state index is 12.0. The largest absolute Gasteiger partial charge is 0.573 e. The van der Waals surface area contributed by atoms with Crippen molar-refractivity contribution in [2.45, 2.75) is 19.3 Å². The van der Waals surface area contributed by atoms with Gasteiger partial charge in [-0.1, -0.05) is 12.1 Å². The summed E-state index contributed by atoms with van der Waals surface area (Å²) in [5.74, 6) is -0.245. The summed E-state index contributed by atoms with van der Waals surface area (Å²) in [7, 11) is 0. The van der Waals surface area contributed by atoms with Crippen molar-refractivity contribution in [2.75, 3.05) is 0 Å². The normalized spacial score (nSPS) is 12.7. The van der Waals surface area contributed by atoms with Gasteiger partial charge >= 0.3 is 6.36 Å². The maximum absolute atomic E-state index is 12.0. The van der Waals surface area contributed by atoms with E-state index < -0.39 is 6.36 Å². The van der Waals surface area contributed by atoms with Gasteiger partial charge in [0.2, 0.25) is 0 Å². The first-order valence-corrected chi connectivity index (χ1v) is 6.34. The van der Waals surface area contributed by atoms with Crippen molar-refractivity contribution >= 4 is 23.7 Å². The molecule has 0 amide bonds. The van der Waals surface area contributed by atoms with Crippen molar-refractivity contribution in [3.63, 3.8) is 0 Å². The lowest BCUT2D eigenvalue weighted by molar-refractivity contribution is -0.274. The number of halogens is 4. The summed E-state index contributed by atoms with van der Waals surface area (Å²) in [6.45, 7) is 1.97. The molecule has 1 aromatic heterocycles. The van der Waals surface area contributed by atoms with E-state index in [-0.39, 0.29) is 24.2 Å². The lowest BCUT2D eigenvalue weighted by Gasteiger charge is -2.12. The molecule has 0 aliphatic rings.